The molecular formula is C20H24N6. The predicted octanol–water partition coefficient (Wildman–Crippen LogP) is 3.47. The molecule has 1 atom stereocenters. The summed E-state index contributed by atoms with van der Waals surface area (Å²) in [5.74, 6) is 0.880. The zero-order valence-corrected chi connectivity index (χ0v) is 15.7. The third-order valence-corrected chi connectivity index (χ3v) is 4.83. The number of imidazole rings is 1. The van der Waals surface area contributed by atoms with Crippen molar-refractivity contribution < 1.29 is 0 Å². The number of hydrogen-bond acceptors (Lipinski definition) is 5. The van der Waals surface area contributed by atoms with Gasteiger partial charge in [-0.05, 0) is 30.7 Å². The van der Waals surface area contributed by atoms with Crippen LogP contribution in [0.25, 0.3) is 11.0 Å². The van der Waals surface area contributed by atoms with Crippen LogP contribution in [0.2, 0.25) is 0 Å². The number of nitrogens with one attached hydrogen (secondary N) is 1. The minimum Gasteiger partial charge on any atom is -0.334 e. The largest absolute Gasteiger partial charge is 0.334 e. The Balaban J connectivity index is 1.98. The van der Waals surface area contributed by atoms with Crippen LogP contribution in [0, 0.1) is 11.3 Å². The Kier molecular flexibility index (Phi) is 5.19. The Labute approximate surface area is 154 Å². The summed E-state index contributed by atoms with van der Waals surface area (Å²) in [6.07, 6.45) is 4.97. The molecule has 0 saturated carbocycles. The number of fused-ring (bicyclic) bond motifs is 1. The minimum absolute atomic E-state index is 0.0496. The van der Waals surface area contributed by atoms with Gasteiger partial charge in [0, 0.05) is 31.9 Å². The number of anilines is 2. The molecule has 26 heavy (non-hydrogen) atoms. The molecule has 1 aromatic carbocycles. The normalized spacial score (nSPS) is 12.1. The molecule has 3 aromatic rings. The quantitative estimate of drug-likeness (QED) is 0.738. The Bertz CT molecular complexity index is 953. The second-order valence-electron chi connectivity index (χ2n) is 6.39. The summed E-state index contributed by atoms with van der Waals surface area (Å²) in [4.78, 5) is 11.0. The SMILES string of the molecule is CCc1cc(C(CC#N)NC)ccc1N(C)c1cc2c(cn1)ncn2C. The molecule has 0 amide bonds. The lowest BCUT2D eigenvalue weighted by atomic mass is 9.99. The van der Waals surface area contributed by atoms with Crippen LogP contribution < -0.4 is 10.2 Å². The maximum Gasteiger partial charge on any atom is 0.134 e. The molecule has 0 aliphatic heterocycles. The first-order chi connectivity index (χ1) is 12.6. The van der Waals surface area contributed by atoms with Crippen LogP contribution in [0.15, 0.2) is 36.8 Å². The molecule has 6 nitrogen and oxygen atoms in total. The fraction of sp³-hybridized carbons (Fsp3) is 0.350. The van der Waals surface area contributed by atoms with Crippen molar-refractivity contribution in [3.05, 3.63) is 47.9 Å². The van der Waals surface area contributed by atoms with Crippen LogP contribution in [0.1, 0.15) is 30.5 Å². The minimum atomic E-state index is 0.0496. The van der Waals surface area contributed by atoms with Crippen LogP contribution in [0.5, 0.6) is 0 Å². The molecule has 0 fully saturated rings. The van der Waals surface area contributed by atoms with Gasteiger partial charge in [-0.15, -0.1) is 0 Å². The fourth-order valence-corrected chi connectivity index (χ4v) is 3.24. The van der Waals surface area contributed by atoms with Gasteiger partial charge in [0.2, 0.25) is 0 Å². The standard InChI is InChI=1S/C20H24N6/c1-5-14-10-15(16(22-2)8-9-21)6-7-18(14)26(4)20-11-19-17(12-23-20)24-13-25(19)3/h6-7,10-13,16,22H,5,8H2,1-4H3. The second kappa shape index (κ2) is 7.54. The van der Waals surface area contributed by atoms with E-state index in [-0.39, 0.29) is 6.04 Å². The predicted molar refractivity (Wildman–Crippen MR) is 104 cm³/mol. The van der Waals surface area contributed by atoms with Gasteiger partial charge in [-0.25, -0.2) is 9.97 Å². The first kappa shape index (κ1) is 17.9. The number of pyridine rings is 1. The number of hydrogen-bond donors (Lipinski definition) is 1. The van der Waals surface area contributed by atoms with Gasteiger partial charge >= 0.3 is 0 Å². The number of aryl methyl sites for hydroxylation is 2. The van der Waals surface area contributed by atoms with Gasteiger partial charge in [0.15, 0.2) is 0 Å². The van der Waals surface area contributed by atoms with Gasteiger partial charge in [-0.3, -0.25) is 0 Å². The summed E-state index contributed by atoms with van der Waals surface area (Å²) < 4.78 is 2.00. The molecule has 3 rings (SSSR count). The summed E-state index contributed by atoms with van der Waals surface area (Å²) in [5, 5.41) is 12.2. The highest BCUT2D eigenvalue weighted by Crippen LogP contribution is 2.30. The van der Waals surface area contributed by atoms with E-state index in [4.69, 9.17) is 5.26 Å². The van der Waals surface area contributed by atoms with E-state index in [0.717, 1.165) is 34.5 Å². The van der Waals surface area contributed by atoms with Crippen molar-refractivity contribution in [1.29, 1.82) is 5.26 Å². The average molecular weight is 348 g/mol. The molecule has 0 aliphatic carbocycles. The van der Waals surface area contributed by atoms with Gasteiger partial charge in [-0.2, -0.15) is 5.26 Å². The third-order valence-electron chi connectivity index (χ3n) is 4.83. The second-order valence-corrected chi connectivity index (χ2v) is 6.39. The third kappa shape index (κ3) is 3.26. The van der Waals surface area contributed by atoms with Crippen molar-refractivity contribution in [2.45, 2.75) is 25.8 Å². The summed E-state index contributed by atoms with van der Waals surface area (Å²) in [6, 6.07) is 10.7. The summed E-state index contributed by atoms with van der Waals surface area (Å²) in [6.45, 7) is 2.15. The number of nitrogens with zero attached hydrogens (tertiary/aromatic N) is 5. The molecule has 2 heterocycles. The van der Waals surface area contributed by atoms with Crippen molar-refractivity contribution >= 4 is 22.5 Å². The molecule has 1 N–H and O–H groups in total. The molecule has 0 aliphatic rings. The number of rotatable bonds is 6. The van der Waals surface area contributed by atoms with E-state index in [9.17, 15) is 0 Å². The molecule has 134 valence electrons. The van der Waals surface area contributed by atoms with E-state index in [1.807, 2.05) is 31.9 Å². The van der Waals surface area contributed by atoms with Crippen LogP contribution in [-0.4, -0.2) is 28.6 Å². The smallest absolute Gasteiger partial charge is 0.134 e. The first-order valence-electron chi connectivity index (χ1n) is 8.76. The van der Waals surface area contributed by atoms with Crippen molar-refractivity contribution in [2.24, 2.45) is 7.05 Å². The molecule has 2 aromatic heterocycles. The Morgan fingerprint density at radius 3 is 2.81 bits per heavy atom. The zero-order chi connectivity index (χ0) is 18.7. The van der Waals surface area contributed by atoms with Crippen molar-refractivity contribution in [2.75, 3.05) is 19.0 Å². The van der Waals surface area contributed by atoms with E-state index in [2.05, 4.69) is 57.4 Å². The van der Waals surface area contributed by atoms with E-state index < -0.39 is 0 Å². The topological polar surface area (TPSA) is 69.8 Å². The number of benzene rings is 1. The molecule has 0 saturated heterocycles. The first-order valence-corrected chi connectivity index (χ1v) is 8.76. The lowest BCUT2D eigenvalue weighted by Crippen LogP contribution is -2.17. The Morgan fingerprint density at radius 2 is 2.12 bits per heavy atom. The average Bonchev–Trinajstić information content (AvgIpc) is 3.05. The van der Waals surface area contributed by atoms with Crippen molar-refractivity contribution in [3.8, 4) is 6.07 Å². The van der Waals surface area contributed by atoms with Gasteiger partial charge < -0.3 is 14.8 Å². The zero-order valence-electron chi connectivity index (χ0n) is 15.7. The van der Waals surface area contributed by atoms with Crippen LogP contribution in [-0.2, 0) is 13.5 Å². The molecule has 1 unspecified atom stereocenters. The summed E-state index contributed by atoms with van der Waals surface area (Å²) in [7, 11) is 5.91. The molecule has 0 spiro atoms. The van der Waals surface area contributed by atoms with Gasteiger partial charge in [0.1, 0.15) is 11.3 Å². The highest BCUT2D eigenvalue weighted by molar-refractivity contribution is 5.79. The van der Waals surface area contributed by atoms with Crippen LogP contribution in [0.3, 0.4) is 0 Å². The maximum absolute atomic E-state index is 9.02. The van der Waals surface area contributed by atoms with E-state index in [0.29, 0.717) is 6.42 Å². The molecule has 0 radical (unpaired) electrons. The summed E-state index contributed by atoms with van der Waals surface area (Å²) >= 11 is 0. The number of nitriles is 1. The van der Waals surface area contributed by atoms with E-state index in [1.54, 1.807) is 6.33 Å². The maximum atomic E-state index is 9.02. The Morgan fingerprint density at radius 1 is 1.31 bits per heavy atom. The van der Waals surface area contributed by atoms with E-state index in [1.165, 1.54) is 5.56 Å². The van der Waals surface area contributed by atoms with E-state index >= 15 is 0 Å². The lowest BCUT2D eigenvalue weighted by molar-refractivity contribution is 0.608. The Hall–Kier alpha value is -2.91. The van der Waals surface area contributed by atoms with Gasteiger partial charge in [-0.1, -0.05) is 19.1 Å². The van der Waals surface area contributed by atoms with Crippen molar-refractivity contribution in [3.63, 3.8) is 0 Å². The molecular weight excluding hydrogens is 324 g/mol. The highest BCUT2D eigenvalue weighted by Gasteiger charge is 2.15. The van der Waals surface area contributed by atoms with Crippen molar-refractivity contribution in [1.82, 2.24) is 19.9 Å². The number of aromatic nitrogens is 3. The molecule has 6 heteroatoms. The van der Waals surface area contributed by atoms with Gasteiger partial charge in [0.05, 0.1) is 30.5 Å². The monoisotopic (exact) mass is 348 g/mol. The summed E-state index contributed by atoms with van der Waals surface area (Å²) in [5.41, 5.74) is 5.44. The molecule has 0 bridgehead atoms. The van der Waals surface area contributed by atoms with Gasteiger partial charge in [0.25, 0.3) is 0 Å². The van der Waals surface area contributed by atoms with Crippen LogP contribution >= 0.6 is 0 Å². The lowest BCUT2D eigenvalue weighted by Gasteiger charge is -2.23. The fourth-order valence-electron chi connectivity index (χ4n) is 3.24. The highest BCUT2D eigenvalue weighted by atomic mass is 15.2. The van der Waals surface area contributed by atoms with Crippen LogP contribution in [0.4, 0.5) is 11.5 Å².